The normalized spacial score (nSPS) is 8.50. The van der Waals surface area contributed by atoms with Crippen molar-refractivity contribution in [3.05, 3.63) is 24.5 Å². The molecule has 1 aromatic heterocycles. The van der Waals surface area contributed by atoms with Crippen LogP contribution in [0.4, 0.5) is 5.69 Å². The van der Waals surface area contributed by atoms with Gasteiger partial charge in [-0.3, -0.25) is 4.98 Å². The van der Waals surface area contributed by atoms with Crippen LogP contribution in [0.3, 0.4) is 0 Å². The molecule has 0 fully saturated rings. The topological polar surface area (TPSA) is 24.9 Å². The third-order valence-electron chi connectivity index (χ3n) is 0.828. The first kappa shape index (κ1) is 5.16. The standard InChI is InChI=1S/C5H5BN2/c6-8-5-2-1-3-7-4-5/h1-4,8H. The summed E-state index contributed by atoms with van der Waals surface area (Å²) >= 11 is 0. The zero-order valence-corrected chi connectivity index (χ0v) is 4.33. The molecule has 1 heterocycles. The quantitative estimate of drug-likeness (QED) is 0.527. The molecule has 3 heteroatoms. The zero-order valence-electron chi connectivity index (χ0n) is 4.33. The van der Waals surface area contributed by atoms with Crippen molar-refractivity contribution < 1.29 is 0 Å². The van der Waals surface area contributed by atoms with Gasteiger partial charge in [0.05, 0.1) is 0 Å². The average molecular weight is 104 g/mol. The molecule has 1 aromatic rings. The predicted octanol–water partition coefficient (Wildman–Crippen LogP) is 0.577. The minimum Gasteiger partial charge on any atom is -0.436 e. The number of aromatic nitrogens is 1. The highest BCUT2D eigenvalue weighted by molar-refractivity contribution is 6.15. The van der Waals surface area contributed by atoms with E-state index in [1.165, 1.54) is 0 Å². The van der Waals surface area contributed by atoms with Crippen molar-refractivity contribution in [2.45, 2.75) is 0 Å². The van der Waals surface area contributed by atoms with Gasteiger partial charge in [-0.1, -0.05) is 0 Å². The Kier molecular flexibility index (Phi) is 1.52. The molecule has 38 valence electrons. The van der Waals surface area contributed by atoms with Gasteiger partial charge in [0.2, 0.25) is 7.98 Å². The molecule has 8 heavy (non-hydrogen) atoms. The van der Waals surface area contributed by atoms with E-state index in [0.717, 1.165) is 5.69 Å². The van der Waals surface area contributed by atoms with Crippen molar-refractivity contribution in [3.63, 3.8) is 0 Å². The fourth-order valence-corrected chi connectivity index (χ4v) is 0.448. The van der Waals surface area contributed by atoms with Crippen molar-refractivity contribution in [1.29, 1.82) is 0 Å². The van der Waals surface area contributed by atoms with E-state index in [9.17, 15) is 0 Å². The first-order valence-corrected chi connectivity index (χ1v) is 2.30. The van der Waals surface area contributed by atoms with Crippen LogP contribution in [0.15, 0.2) is 24.5 Å². The summed E-state index contributed by atoms with van der Waals surface area (Å²) in [5.41, 5.74) is 0.826. The van der Waals surface area contributed by atoms with Crippen LogP contribution in [0.1, 0.15) is 0 Å². The van der Waals surface area contributed by atoms with Crippen LogP contribution in [0.2, 0.25) is 0 Å². The Morgan fingerprint density at radius 1 is 1.62 bits per heavy atom. The number of pyridine rings is 1. The largest absolute Gasteiger partial charge is 0.436 e. The van der Waals surface area contributed by atoms with E-state index in [1.807, 2.05) is 12.1 Å². The summed E-state index contributed by atoms with van der Waals surface area (Å²) in [4.78, 5) is 3.81. The number of nitrogens with one attached hydrogen (secondary N) is 1. The summed E-state index contributed by atoms with van der Waals surface area (Å²) < 4.78 is 0. The molecule has 1 rings (SSSR count). The summed E-state index contributed by atoms with van der Waals surface area (Å²) in [7, 11) is 5.06. The average Bonchev–Trinajstić information content (AvgIpc) is 1.90. The van der Waals surface area contributed by atoms with Crippen LogP contribution in [-0.4, -0.2) is 13.0 Å². The van der Waals surface area contributed by atoms with Gasteiger partial charge in [-0.2, -0.15) is 0 Å². The lowest BCUT2D eigenvalue weighted by molar-refractivity contribution is 1.33. The number of nitrogens with zero attached hydrogens (tertiary/aromatic N) is 1. The summed E-state index contributed by atoms with van der Waals surface area (Å²) in [5, 5.41) is 2.46. The molecular weight excluding hydrogens is 98.9 g/mol. The molecule has 1 N–H and O–H groups in total. The van der Waals surface area contributed by atoms with Crippen LogP contribution in [-0.2, 0) is 0 Å². The summed E-state index contributed by atoms with van der Waals surface area (Å²) in [5.74, 6) is 0. The lowest BCUT2D eigenvalue weighted by Crippen LogP contribution is -1.88. The number of hydrogen-bond acceptors (Lipinski definition) is 2. The number of rotatable bonds is 1. The number of hydrogen-bond donors (Lipinski definition) is 1. The van der Waals surface area contributed by atoms with Crippen LogP contribution < -0.4 is 5.23 Å². The molecule has 0 bridgehead atoms. The van der Waals surface area contributed by atoms with Crippen molar-refractivity contribution >= 4 is 13.7 Å². The van der Waals surface area contributed by atoms with Gasteiger partial charge >= 0.3 is 0 Å². The van der Waals surface area contributed by atoms with E-state index in [4.69, 9.17) is 7.98 Å². The minimum atomic E-state index is 0.826. The maximum atomic E-state index is 5.06. The second-order valence-corrected chi connectivity index (χ2v) is 1.39. The molecule has 0 aliphatic heterocycles. The first-order chi connectivity index (χ1) is 3.93. The van der Waals surface area contributed by atoms with Gasteiger partial charge in [-0.05, 0) is 12.1 Å². The molecule has 0 amide bonds. The SMILES string of the molecule is [B]Nc1cccnc1. The highest BCUT2D eigenvalue weighted by Crippen LogP contribution is 1.98. The fourth-order valence-electron chi connectivity index (χ4n) is 0.448. The molecular formula is C5H5BN2. The Balaban J connectivity index is 2.83. The third-order valence-corrected chi connectivity index (χ3v) is 0.828. The maximum absolute atomic E-state index is 5.06. The van der Waals surface area contributed by atoms with E-state index in [1.54, 1.807) is 12.4 Å². The fraction of sp³-hybridized carbons (Fsp3) is 0. The monoisotopic (exact) mass is 104 g/mol. The molecule has 0 spiro atoms. The second-order valence-electron chi connectivity index (χ2n) is 1.39. The predicted molar refractivity (Wildman–Crippen MR) is 33.6 cm³/mol. The lowest BCUT2D eigenvalue weighted by atomic mass is 10.3. The Morgan fingerprint density at radius 3 is 2.88 bits per heavy atom. The van der Waals surface area contributed by atoms with Crippen LogP contribution >= 0.6 is 0 Å². The van der Waals surface area contributed by atoms with Crippen LogP contribution in [0.25, 0.3) is 0 Å². The molecule has 2 radical (unpaired) electrons. The molecule has 0 saturated heterocycles. The van der Waals surface area contributed by atoms with Gasteiger partial charge in [0.1, 0.15) is 0 Å². The van der Waals surface area contributed by atoms with Crippen molar-refractivity contribution in [2.24, 2.45) is 0 Å². The molecule has 0 aliphatic carbocycles. The van der Waals surface area contributed by atoms with Crippen molar-refractivity contribution in [1.82, 2.24) is 4.98 Å². The minimum absolute atomic E-state index is 0.826. The van der Waals surface area contributed by atoms with Gasteiger partial charge in [0.15, 0.2) is 0 Å². The van der Waals surface area contributed by atoms with Gasteiger partial charge in [0.25, 0.3) is 0 Å². The maximum Gasteiger partial charge on any atom is 0.222 e. The Bertz CT molecular complexity index is 152. The summed E-state index contributed by atoms with van der Waals surface area (Å²) in [6.07, 6.45) is 3.35. The van der Waals surface area contributed by atoms with Crippen LogP contribution in [0.5, 0.6) is 0 Å². The Morgan fingerprint density at radius 2 is 2.50 bits per heavy atom. The van der Waals surface area contributed by atoms with E-state index in [-0.39, 0.29) is 0 Å². The van der Waals surface area contributed by atoms with E-state index >= 15 is 0 Å². The third kappa shape index (κ3) is 0.995. The van der Waals surface area contributed by atoms with Gasteiger partial charge < -0.3 is 5.23 Å². The van der Waals surface area contributed by atoms with E-state index in [0.29, 0.717) is 0 Å². The van der Waals surface area contributed by atoms with Crippen molar-refractivity contribution in [2.75, 3.05) is 5.23 Å². The summed E-state index contributed by atoms with van der Waals surface area (Å²) in [6.45, 7) is 0. The first-order valence-electron chi connectivity index (χ1n) is 2.30. The van der Waals surface area contributed by atoms with Gasteiger partial charge in [0, 0.05) is 18.1 Å². The zero-order chi connectivity index (χ0) is 5.82. The van der Waals surface area contributed by atoms with Crippen molar-refractivity contribution in [3.8, 4) is 0 Å². The molecule has 0 aromatic carbocycles. The molecule has 0 atom stereocenters. The summed E-state index contributed by atoms with van der Waals surface area (Å²) in [6, 6.07) is 3.65. The second kappa shape index (κ2) is 2.35. The molecule has 0 aliphatic rings. The Labute approximate surface area is 49.4 Å². The molecule has 0 saturated carbocycles. The van der Waals surface area contributed by atoms with Gasteiger partial charge in [-0.15, -0.1) is 0 Å². The lowest BCUT2D eigenvalue weighted by Gasteiger charge is -1.93. The van der Waals surface area contributed by atoms with E-state index in [2.05, 4.69) is 10.2 Å². The molecule has 0 unspecified atom stereocenters. The number of anilines is 1. The van der Waals surface area contributed by atoms with Crippen LogP contribution in [0, 0.1) is 0 Å². The van der Waals surface area contributed by atoms with Gasteiger partial charge in [-0.25, -0.2) is 0 Å². The van der Waals surface area contributed by atoms with E-state index < -0.39 is 0 Å². The molecule has 2 nitrogen and oxygen atoms in total. The smallest absolute Gasteiger partial charge is 0.222 e. The highest BCUT2D eigenvalue weighted by atomic mass is 14.8. The highest BCUT2D eigenvalue weighted by Gasteiger charge is 1.79. The Hall–Kier alpha value is -0.985.